The van der Waals surface area contributed by atoms with Crippen LogP contribution >= 0.6 is 11.6 Å². The molecule has 1 fully saturated rings. The number of nitrogens with two attached hydrogens (primary N) is 1. The number of rotatable bonds is 4. The van der Waals surface area contributed by atoms with E-state index in [1.54, 1.807) is 0 Å². The molecule has 3 atom stereocenters. The van der Waals surface area contributed by atoms with Gasteiger partial charge in [-0.2, -0.15) is 0 Å². The highest BCUT2D eigenvalue weighted by Gasteiger charge is 2.26. The monoisotopic (exact) mass is 281 g/mol. The molecule has 1 aliphatic heterocycles. The van der Waals surface area contributed by atoms with Crippen molar-refractivity contribution in [1.82, 2.24) is 10.4 Å². The summed E-state index contributed by atoms with van der Waals surface area (Å²) in [5, 5.41) is 3.12. The fourth-order valence-corrected chi connectivity index (χ4v) is 3.04. The molecule has 1 saturated heterocycles. The smallest absolute Gasteiger partial charge is 0.0587 e. The largest absolute Gasteiger partial charge is 0.329 e. The Balaban J connectivity index is 2.10. The summed E-state index contributed by atoms with van der Waals surface area (Å²) in [6, 6.07) is 9.17. The van der Waals surface area contributed by atoms with Crippen molar-refractivity contribution >= 4 is 11.6 Å². The van der Waals surface area contributed by atoms with Gasteiger partial charge in [0.2, 0.25) is 0 Å². The standard InChI is InChI=1S/C15H24ClN3/c1-11-5-3-6-12(2)19(11)18-15(10-17)13-7-4-8-14(16)9-13/h4,7-9,11-12,15,18H,3,5-6,10,17H2,1-2H3. The van der Waals surface area contributed by atoms with Crippen molar-refractivity contribution in [3.63, 3.8) is 0 Å². The van der Waals surface area contributed by atoms with Gasteiger partial charge in [-0.05, 0) is 44.4 Å². The van der Waals surface area contributed by atoms with E-state index in [9.17, 15) is 0 Å². The Labute approximate surface area is 121 Å². The SMILES string of the molecule is CC1CCCC(C)N1NC(CN)c1cccc(Cl)c1. The number of piperidine rings is 1. The summed E-state index contributed by atoms with van der Waals surface area (Å²) in [4.78, 5) is 0. The summed E-state index contributed by atoms with van der Waals surface area (Å²) < 4.78 is 0. The molecule has 3 unspecified atom stereocenters. The van der Waals surface area contributed by atoms with Crippen molar-refractivity contribution in [3.05, 3.63) is 34.9 Å². The number of benzene rings is 1. The summed E-state index contributed by atoms with van der Waals surface area (Å²) in [6.07, 6.45) is 3.79. The fraction of sp³-hybridized carbons (Fsp3) is 0.600. The predicted octanol–water partition coefficient (Wildman–Crippen LogP) is 3.11. The second-order valence-corrected chi connectivity index (χ2v) is 5.95. The molecule has 2 rings (SSSR count). The van der Waals surface area contributed by atoms with Crippen LogP contribution in [0.15, 0.2) is 24.3 Å². The van der Waals surface area contributed by atoms with Gasteiger partial charge in [0.15, 0.2) is 0 Å². The highest BCUT2D eigenvalue weighted by atomic mass is 35.5. The fourth-order valence-electron chi connectivity index (χ4n) is 2.84. The van der Waals surface area contributed by atoms with Crippen LogP contribution in [0.5, 0.6) is 0 Å². The Morgan fingerprint density at radius 3 is 2.63 bits per heavy atom. The van der Waals surface area contributed by atoms with E-state index >= 15 is 0 Å². The zero-order valence-electron chi connectivity index (χ0n) is 11.8. The van der Waals surface area contributed by atoms with Crippen LogP contribution < -0.4 is 11.2 Å². The molecular weight excluding hydrogens is 258 g/mol. The number of hydrogen-bond donors (Lipinski definition) is 2. The lowest BCUT2D eigenvalue weighted by Crippen LogP contribution is -2.54. The van der Waals surface area contributed by atoms with Crippen LogP contribution in [0, 0.1) is 0 Å². The minimum Gasteiger partial charge on any atom is -0.329 e. The maximum Gasteiger partial charge on any atom is 0.0587 e. The van der Waals surface area contributed by atoms with Crippen LogP contribution in [0.4, 0.5) is 0 Å². The molecule has 0 aromatic heterocycles. The molecule has 1 aliphatic rings. The molecule has 0 amide bonds. The van der Waals surface area contributed by atoms with Gasteiger partial charge in [-0.25, -0.2) is 10.4 Å². The minimum absolute atomic E-state index is 0.127. The molecular formula is C15H24ClN3. The third kappa shape index (κ3) is 3.69. The van der Waals surface area contributed by atoms with Gasteiger partial charge in [0.25, 0.3) is 0 Å². The van der Waals surface area contributed by atoms with Crippen LogP contribution in [-0.2, 0) is 0 Å². The molecule has 4 heteroatoms. The zero-order valence-corrected chi connectivity index (χ0v) is 12.5. The van der Waals surface area contributed by atoms with E-state index in [0.29, 0.717) is 18.6 Å². The van der Waals surface area contributed by atoms with Crippen LogP contribution in [0.1, 0.15) is 44.7 Å². The Kier molecular flexibility index (Phi) is 5.22. The molecule has 0 aliphatic carbocycles. The molecule has 19 heavy (non-hydrogen) atoms. The van der Waals surface area contributed by atoms with Crippen LogP contribution in [0.3, 0.4) is 0 Å². The summed E-state index contributed by atoms with van der Waals surface area (Å²) in [5.74, 6) is 0. The second-order valence-electron chi connectivity index (χ2n) is 5.51. The van der Waals surface area contributed by atoms with E-state index in [1.165, 1.54) is 19.3 Å². The van der Waals surface area contributed by atoms with Crippen LogP contribution in [0.25, 0.3) is 0 Å². The third-order valence-corrected chi connectivity index (χ3v) is 4.22. The van der Waals surface area contributed by atoms with Gasteiger partial charge in [-0.3, -0.25) is 0 Å². The van der Waals surface area contributed by atoms with E-state index in [2.05, 4.69) is 30.3 Å². The molecule has 1 aromatic carbocycles. The lowest BCUT2D eigenvalue weighted by Gasteiger charge is -2.41. The highest BCUT2D eigenvalue weighted by Crippen LogP contribution is 2.24. The van der Waals surface area contributed by atoms with E-state index in [1.807, 2.05) is 18.2 Å². The highest BCUT2D eigenvalue weighted by molar-refractivity contribution is 6.30. The van der Waals surface area contributed by atoms with Crippen molar-refractivity contribution in [2.45, 2.75) is 51.2 Å². The quantitative estimate of drug-likeness (QED) is 0.891. The first-order valence-corrected chi connectivity index (χ1v) is 7.49. The molecule has 0 radical (unpaired) electrons. The molecule has 106 valence electrons. The van der Waals surface area contributed by atoms with Crippen molar-refractivity contribution < 1.29 is 0 Å². The van der Waals surface area contributed by atoms with E-state index in [0.717, 1.165) is 10.6 Å². The Bertz CT molecular complexity index is 400. The molecule has 1 aromatic rings. The summed E-state index contributed by atoms with van der Waals surface area (Å²) in [6.45, 7) is 5.11. The molecule has 0 spiro atoms. The second kappa shape index (κ2) is 6.71. The van der Waals surface area contributed by atoms with Crippen molar-refractivity contribution in [2.75, 3.05) is 6.54 Å². The van der Waals surface area contributed by atoms with Crippen molar-refractivity contribution in [3.8, 4) is 0 Å². The number of halogens is 1. The number of hydrazine groups is 1. The Hall–Kier alpha value is -0.610. The minimum atomic E-state index is 0.127. The summed E-state index contributed by atoms with van der Waals surface area (Å²) in [5.41, 5.74) is 10.7. The predicted molar refractivity (Wildman–Crippen MR) is 81.0 cm³/mol. The summed E-state index contributed by atoms with van der Waals surface area (Å²) >= 11 is 6.06. The lowest BCUT2D eigenvalue weighted by atomic mass is 9.99. The van der Waals surface area contributed by atoms with E-state index in [4.69, 9.17) is 17.3 Å². The third-order valence-electron chi connectivity index (χ3n) is 3.99. The first-order valence-electron chi connectivity index (χ1n) is 7.12. The van der Waals surface area contributed by atoms with Gasteiger partial charge in [0.1, 0.15) is 0 Å². The van der Waals surface area contributed by atoms with Crippen LogP contribution in [0.2, 0.25) is 5.02 Å². The summed E-state index contributed by atoms with van der Waals surface area (Å²) in [7, 11) is 0. The maximum atomic E-state index is 6.06. The number of hydrogen-bond acceptors (Lipinski definition) is 3. The van der Waals surface area contributed by atoms with Gasteiger partial charge in [-0.1, -0.05) is 30.2 Å². The average Bonchev–Trinajstić information content (AvgIpc) is 2.38. The Morgan fingerprint density at radius 2 is 2.05 bits per heavy atom. The topological polar surface area (TPSA) is 41.3 Å². The molecule has 3 N–H and O–H groups in total. The van der Waals surface area contributed by atoms with E-state index < -0.39 is 0 Å². The van der Waals surface area contributed by atoms with Gasteiger partial charge < -0.3 is 5.73 Å². The molecule has 3 nitrogen and oxygen atoms in total. The molecule has 1 heterocycles. The average molecular weight is 282 g/mol. The normalized spacial score (nSPS) is 26.3. The van der Waals surface area contributed by atoms with E-state index in [-0.39, 0.29) is 6.04 Å². The van der Waals surface area contributed by atoms with Gasteiger partial charge in [0, 0.05) is 23.7 Å². The molecule has 0 bridgehead atoms. The lowest BCUT2D eigenvalue weighted by molar-refractivity contribution is 0.0304. The van der Waals surface area contributed by atoms with Crippen molar-refractivity contribution in [1.29, 1.82) is 0 Å². The van der Waals surface area contributed by atoms with Crippen molar-refractivity contribution in [2.24, 2.45) is 5.73 Å². The van der Waals surface area contributed by atoms with Gasteiger partial charge >= 0.3 is 0 Å². The zero-order chi connectivity index (χ0) is 13.8. The number of nitrogens with one attached hydrogen (secondary N) is 1. The van der Waals surface area contributed by atoms with Gasteiger partial charge in [0.05, 0.1) is 6.04 Å². The van der Waals surface area contributed by atoms with Gasteiger partial charge in [-0.15, -0.1) is 0 Å². The maximum absolute atomic E-state index is 6.06. The first-order chi connectivity index (χ1) is 9.11. The van der Waals surface area contributed by atoms with Crippen LogP contribution in [-0.4, -0.2) is 23.6 Å². The Morgan fingerprint density at radius 1 is 1.37 bits per heavy atom. The molecule has 0 saturated carbocycles. The number of nitrogens with zero attached hydrogens (tertiary/aromatic N) is 1. The first kappa shape index (κ1) is 14.8.